The molecule has 0 amide bonds. The standard InChI is InChI=1S/C16H19NO2/c1-12(16(18)13-8-4-3-5-9-13)17-14-10-6-7-11-15(14)19-2/h3-12,16-18H,1-2H3/t12-,16-/m1/s1. The van der Waals surface area contributed by atoms with Gasteiger partial charge in [0.2, 0.25) is 0 Å². The molecule has 2 atom stereocenters. The van der Waals surface area contributed by atoms with Crippen LogP contribution in [0.2, 0.25) is 0 Å². The molecular weight excluding hydrogens is 238 g/mol. The summed E-state index contributed by atoms with van der Waals surface area (Å²) in [6.07, 6.45) is -0.564. The van der Waals surface area contributed by atoms with Crippen molar-refractivity contribution in [3.05, 3.63) is 60.2 Å². The Hall–Kier alpha value is -2.00. The van der Waals surface area contributed by atoms with Crippen molar-refractivity contribution in [1.29, 1.82) is 0 Å². The van der Waals surface area contributed by atoms with Gasteiger partial charge < -0.3 is 15.2 Å². The number of nitrogens with one attached hydrogen (secondary N) is 1. The van der Waals surface area contributed by atoms with E-state index in [2.05, 4.69) is 5.32 Å². The number of anilines is 1. The molecule has 3 nitrogen and oxygen atoms in total. The number of aliphatic hydroxyl groups excluding tert-OH is 1. The summed E-state index contributed by atoms with van der Waals surface area (Å²) in [5.74, 6) is 0.773. The van der Waals surface area contributed by atoms with Crippen LogP contribution in [-0.4, -0.2) is 18.3 Å². The highest BCUT2D eigenvalue weighted by molar-refractivity contribution is 5.56. The van der Waals surface area contributed by atoms with Gasteiger partial charge in [-0.3, -0.25) is 0 Å². The highest BCUT2D eigenvalue weighted by Crippen LogP contribution is 2.26. The summed E-state index contributed by atoms with van der Waals surface area (Å²) < 4.78 is 5.29. The second kappa shape index (κ2) is 6.25. The minimum absolute atomic E-state index is 0.112. The van der Waals surface area contributed by atoms with Gasteiger partial charge in [0.1, 0.15) is 5.75 Å². The molecule has 2 aromatic rings. The van der Waals surface area contributed by atoms with Crippen LogP contribution in [0.4, 0.5) is 5.69 Å². The van der Waals surface area contributed by atoms with Crippen LogP contribution in [0, 0.1) is 0 Å². The first-order valence-corrected chi connectivity index (χ1v) is 6.35. The lowest BCUT2D eigenvalue weighted by Crippen LogP contribution is -2.24. The molecule has 2 rings (SSSR count). The second-order valence-corrected chi connectivity index (χ2v) is 4.49. The van der Waals surface area contributed by atoms with Crippen molar-refractivity contribution >= 4 is 5.69 Å². The summed E-state index contributed by atoms with van der Waals surface area (Å²) in [7, 11) is 1.64. The molecule has 0 spiro atoms. The first-order valence-electron chi connectivity index (χ1n) is 6.35. The number of ether oxygens (including phenoxy) is 1. The van der Waals surface area contributed by atoms with Crippen molar-refractivity contribution < 1.29 is 9.84 Å². The molecule has 3 heteroatoms. The zero-order valence-electron chi connectivity index (χ0n) is 11.2. The Bertz CT molecular complexity index is 513. The Morgan fingerprint density at radius 2 is 1.63 bits per heavy atom. The van der Waals surface area contributed by atoms with Crippen LogP contribution >= 0.6 is 0 Å². The predicted molar refractivity (Wildman–Crippen MR) is 77.5 cm³/mol. The lowest BCUT2D eigenvalue weighted by atomic mass is 10.0. The first kappa shape index (κ1) is 13.4. The highest BCUT2D eigenvalue weighted by Gasteiger charge is 2.16. The van der Waals surface area contributed by atoms with E-state index in [9.17, 15) is 5.11 Å². The van der Waals surface area contributed by atoms with Crippen LogP contribution in [0.25, 0.3) is 0 Å². The van der Waals surface area contributed by atoms with Gasteiger partial charge in [-0.1, -0.05) is 42.5 Å². The van der Waals surface area contributed by atoms with Gasteiger partial charge in [-0.25, -0.2) is 0 Å². The molecule has 2 aromatic carbocycles. The van der Waals surface area contributed by atoms with E-state index in [4.69, 9.17) is 4.74 Å². The molecule has 0 aliphatic heterocycles. The number of rotatable bonds is 5. The summed E-state index contributed by atoms with van der Waals surface area (Å²) >= 11 is 0. The molecular formula is C16H19NO2. The van der Waals surface area contributed by atoms with Gasteiger partial charge in [-0.15, -0.1) is 0 Å². The second-order valence-electron chi connectivity index (χ2n) is 4.49. The molecule has 0 bridgehead atoms. The normalized spacial score (nSPS) is 13.6. The minimum atomic E-state index is -0.564. The molecule has 0 heterocycles. The quantitative estimate of drug-likeness (QED) is 0.864. The molecule has 0 aliphatic carbocycles. The van der Waals surface area contributed by atoms with Crippen LogP contribution in [0.3, 0.4) is 0 Å². The van der Waals surface area contributed by atoms with Crippen molar-refractivity contribution in [1.82, 2.24) is 0 Å². The molecule has 100 valence electrons. The van der Waals surface area contributed by atoms with Crippen LogP contribution < -0.4 is 10.1 Å². The van der Waals surface area contributed by atoms with E-state index in [0.717, 1.165) is 17.0 Å². The molecule has 0 aliphatic rings. The number of hydrogen-bond acceptors (Lipinski definition) is 3. The van der Waals surface area contributed by atoms with E-state index in [1.54, 1.807) is 7.11 Å². The lowest BCUT2D eigenvalue weighted by Gasteiger charge is -2.22. The Kier molecular flexibility index (Phi) is 4.42. The van der Waals surface area contributed by atoms with E-state index >= 15 is 0 Å². The van der Waals surface area contributed by atoms with E-state index < -0.39 is 6.10 Å². The fourth-order valence-electron chi connectivity index (χ4n) is 2.03. The highest BCUT2D eigenvalue weighted by atomic mass is 16.5. The Morgan fingerprint density at radius 1 is 1.00 bits per heavy atom. The molecule has 19 heavy (non-hydrogen) atoms. The van der Waals surface area contributed by atoms with Crippen molar-refractivity contribution in [3.8, 4) is 5.75 Å². The minimum Gasteiger partial charge on any atom is -0.495 e. The van der Waals surface area contributed by atoms with E-state index in [0.29, 0.717) is 0 Å². The van der Waals surface area contributed by atoms with Crippen LogP contribution in [0.1, 0.15) is 18.6 Å². The van der Waals surface area contributed by atoms with E-state index in [1.165, 1.54) is 0 Å². The monoisotopic (exact) mass is 257 g/mol. The van der Waals surface area contributed by atoms with Crippen LogP contribution in [0.15, 0.2) is 54.6 Å². The number of benzene rings is 2. The number of hydrogen-bond donors (Lipinski definition) is 2. The molecule has 0 fully saturated rings. The summed E-state index contributed by atoms with van der Waals surface area (Å²) in [4.78, 5) is 0. The fraction of sp³-hybridized carbons (Fsp3) is 0.250. The predicted octanol–water partition coefficient (Wildman–Crippen LogP) is 3.23. The van der Waals surface area contributed by atoms with Crippen LogP contribution in [-0.2, 0) is 0 Å². The zero-order chi connectivity index (χ0) is 13.7. The summed E-state index contributed by atoms with van der Waals surface area (Å²) in [6.45, 7) is 1.95. The topological polar surface area (TPSA) is 41.5 Å². The molecule has 0 radical (unpaired) electrons. The Morgan fingerprint density at radius 3 is 2.32 bits per heavy atom. The summed E-state index contributed by atoms with van der Waals surface area (Å²) in [5, 5.41) is 13.6. The summed E-state index contributed by atoms with van der Waals surface area (Å²) in [6, 6.07) is 17.2. The number of methoxy groups -OCH3 is 1. The average molecular weight is 257 g/mol. The molecule has 2 N–H and O–H groups in total. The van der Waals surface area contributed by atoms with Crippen molar-refractivity contribution in [2.24, 2.45) is 0 Å². The average Bonchev–Trinajstić information content (AvgIpc) is 2.48. The smallest absolute Gasteiger partial charge is 0.141 e. The Balaban J connectivity index is 2.10. The van der Waals surface area contributed by atoms with Gasteiger partial charge in [0.25, 0.3) is 0 Å². The van der Waals surface area contributed by atoms with Crippen molar-refractivity contribution in [2.45, 2.75) is 19.1 Å². The molecule has 0 unspecified atom stereocenters. The maximum Gasteiger partial charge on any atom is 0.141 e. The van der Waals surface area contributed by atoms with Gasteiger partial charge in [0, 0.05) is 0 Å². The van der Waals surface area contributed by atoms with Crippen LogP contribution in [0.5, 0.6) is 5.75 Å². The summed E-state index contributed by atoms with van der Waals surface area (Å²) in [5.41, 5.74) is 1.78. The SMILES string of the molecule is COc1ccccc1N[C@H](C)[C@@H](O)c1ccccc1. The van der Waals surface area contributed by atoms with Gasteiger partial charge in [-0.05, 0) is 24.6 Å². The van der Waals surface area contributed by atoms with Crippen molar-refractivity contribution in [3.63, 3.8) is 0 Å². The van der Waals surface area contributed by atoms with Crippen molar-refractivity contribution in [2.75, 3.05) is 12.4 Å². The Labute approximate surface area is 113 Å². The lowest BCUT2D eigenvalue weighted by molar-refractivity contribution is 0.160. The maximum absolute atomic E-state index is 10.3. The molecule has 0 saturated carbocycles. The zero-order valence-corrected chi connectivity index (χ0v) is 11.2. The third-order valence-electron chi connectivity index (χ3n) is 3.10. The number of aliphatic hydroxyl groups is 1. The van der Waals surface area contributed by atoms with E-state index in [1.807, 2.05) is 61.5 Å². The van der Waals surface area contributed by atoms with Gasteiger partial charge in [0.15, 0.2) is 0 Å². The third-order valence-corrected chi connectivity index (χ3v) is 3.10. The first-order chi connectivity index (χ1) is 9.22. The molecule has 0 saturated heterocycles. The third kappa shape index (κ3) is 3.26. The van der Waals surface area contributed by atoms with Gasteiger partial charge in [0.05, 0.1) is 24.9 Å². The van der Waals surface area contributed by atoms with E-state index in [-0.39, 0.29) is 6.04 Å². The maximum atomic E-state index is 10.3. The number of para-hydroxylation sites is 2. The fourth-order valence-corrected chi connectivity index (χ4v) is 2.03. The van der Waals surface area contributed by atoms with Gasteiger partial charge in [-0.2, -0.15) is 0 Å². The molecule has 0 aromatic heterocycles. The largest absolute Gasteiger partial charge is 0.495 e. The van der Waals surface area contributed by atoms with Gasteiger partial charge >= 0.3 is 0 Å².